The van der Waals surface area contributed by atoms with Gasteiger partial charge in [-0.25, -0.2) is 9.78 Å². The highest BCUT2D eigenvalue weighted by molar-refractivity contribution is 9.10. The predicted molar refractivity (Wildman–Crippen MR) is 66.1 cm³/mol. The maximum absolute atomic E-state index is 10.9. The number of carboxylic acid groups (broad SMARTS) is 1. The van der Waals surface area contributed by atoms with E-state index in [1.807, 2.05) is 25.1 Å². The van der Waals surface area contributed by atoms with Gasteiger partial charge in [-0.1, -0.05) is 22.0 Å². The van der Waals surface area contributed by atoms with Crippen molar-refractivity contribution >= 4 is 21.9 Å². The highest BCUT2D eigenvalue weighted by Gasteiger charge is 2.17. The van der Waals surface area contributed by atoms with E-state index >= 15 is 0 Å². The average molecular weight is 296 g/mol. The third-order valence-corrected chi connectivity index (χ3v) is 3.27. The smallest absolute Gasteiger partial charge is 0.358 e. The van der Waals surface area contributed by atoms with E-state index in [2.05, 4.69) is 20.9 Å². The molecule has 88 valence electrons. The Morgan fingerprint density at radius 2 is 2.12 bits per heavy atom. The van der Waals surface area contributed by atoms with Crippen LogP contribution in [0.2, 0.25) is 0 Å². The van der Waals surface area contributed by atoms with Gasteiger partial charge in [-0.05, 0) is 31.5 Å². The summed E-state index contributed by atoms with van der Waals surface area (Å²) >= 11 is 3.41. The summed E-state index contributed by atoms with van der Waals surface area (Å²) in [5.41, 5.74) is 1.80. The topological polar surface area (TPSA) is 63.3 Å². The van der Waals surface area contributed by atoms with Crippen molar-refractivity contribution < 1.29 is 14.3 Å². The van der Waals surface area contributed by atoms with Gasteiger partial charge >= 0.3 is 5.97 Å². The predicted octanol–water partition coefficient (Wildman–Crippen LogP) is 3.42. The van der Waals surface area contributed by atoms with Crippen molar-refractivity contribution in [2.24, 2.45) is 0 Å². The second-order valence-electron chi connectivity index (χ2n) is 3.69. The molecule has 5 heteroatoms. The van der Waals surface area contributed by atoms with E-state index in [4.69, 9.17) is 9.52 Å². The van der Waals surface area contributed by atoms with E-state index in [1.165, 1.54) is 0 Å². The lowest BCUT2D eigenvalue weighted by atomic mass is 10.1. The van der Waals surface area contributed by atoms with Crippen LogP contribution < -0.4 is 0 Å². The first-order valence-electron chi connectivity index (χ1n) is 4.96. The molecule has 1 N–H and O–H groups in total. The van der Waals surface area contributed by atoms with Gasteiger partial charge in [0, 0.05) is 10.0 Å². The third kappa shape index (κ3) is 2.24. The maximum Gasteiger partial charge on any atom is 0.358 e. The van der Waals surface area contributed by atoms with Crippen molar-refractivity contribution in [3.8, 4) is 11.5 Å². The van der Waals surface area contributed by atoms with Crippen LogP contribution in [0.15, 0.2) is 27.1 Å². The molecule has 17 heavy (non-hydrogen) atoms. The van der Waals surface area contributed by atoms with Crippen LogP contribution in [-0.4, -0.2) is 16.1 Å². The summed E-state index contributed by atoms with van der Waals surface area (Å²) < 4.78 is 6.28. The van der Waals surface area contributed by atoms with E-state index in [9.17, 15) is 4.79 Å². The molecule has 4 nitrogen and oxygen atoms in total. The van der Waals surface area contributed by atoms with Crippen molar-refractivity contribution in [2.75, 3.05) is 0 Å². The minimum Gasteiger partial charge on any atom is -0.476 e. The zero-order valence-electron chi connectivity index (χ0n) is 9.32. The minimum atomic E-state index is -1.08. The van der Waals surface area contributed by atoms with Crippen LogP contribution in [0.4, 0.5) is 0 Å². The van der Waals surface area contributed by atoms with E-state index in [-0.39, 0.29) is 5.69 Å². The molecular weight excluding hydrogens is 286 g/mol. The molecule has 0 bridgehead atoms. The van der Waals surface area contributed by atoms with Crippen LogP contribution in [0.5, 0.6) is 0 Å². The van der Waals surface area contributed by atoms with Gasteiger partial charge in [-0.2, -0.15) is 0 Å². The Labute approximate surface area is 106 Å². The maximum atomic E-state index is 10.9. The second-order valence-corrected chi connectivity index (χ2v) is 4.55. The van der Waals surface area contributed by atoms with Crippen molar-refractivity contribution in [1.29, 1.82) is 0 Å². The zero-order chi connectivity index (χ0) is 12.6. The van der Waals surface area contributed by atoms with E-state index < -0.39 is 5.97 Å². The Kier molecular flexibility index (Phi) is 3.02. The molecule has 0 aliphatic heterocycles. The number of benzene rings is 1. The number of nitrogens with zero attached hydrogens (tertiary/aromatic N) is 1. The summed E-state index contributed by atoms with van der Waals surface area (Å²) in [6.45, 7) is 3.56. The summed E-state index contributed by atoms with van der Waals surface area (Å²) in [6, 6.07) is 5.61. The molecule has 0 atom stereocenters. The van der Waals surface area contributed by atoms with Crippen molar-refractivity contribution in [3.63, 3.8) is 0 Å². The third-order valence-electron chi connectivity index (χ3n) is 2.42. The Hall–Kier alpha value is -1.62. The molecule has 1 heterocycles. The van der Waals surface area contributed by atoms with Gasteiger partial charge in [-0.3, -0.25) is 0 Å². The Morgan fingerprint density at radius 3 is 2.65 bits per heavy atom. The number of aromatic carboxylic acids is 1. The van der Waals surface area contributed by atoms with Crippen LogP contribution in [0.3, 0.4) is 0 Å². The highest BCUT2D eigenvalue weighted by atomic mass is 79.9. The molecule has 0 amide bonds. The number of rotatable bonds is 2. The first kappa shape index (κ1) is 11.9. The van der Waals surface area contributed by atoms with Crippen LogP contribution in [0.25, 0.3) is 11.5 Å². The largest absolute Gasteiger partial charge is 0.476 e. The van der Waals surface area contributed by atoms with Gasteiger partial charge < -0.3 is 9.52 Å². The van der Waals surface area contributed by atoms with Gasteiger partial charge in [0.1, 0.15) is 5.76 Å². The van der Waals surface area contributed by atoms with Gasteiger partial charge in [-0.15, -0.1) is 0 Å². The Balaban J connectivity index is 2.50. The summed E-state index contributed by atoms with van der Waals surface area (Å²) in [5.74, 6) is -0.450. The van der Waals surface area contributed by atoms with Gasteiger partial charge in [0.25, 0.3) is 0 Å². The van der Waals surface area contributed by atoms with Gasteiger partial charge in [0.15, 0.2) is 5.69 Å². The minimum absolute atomic E-state index is 0.0447. The number of oxazole rings is 1. The van der Waals surface area contributed by atoms with E-state index in [1.54, 1.807) is 6.92 Å². The number of carboxylic acids is 1. The molecule has 2 rings (SSSR count). The summed E-state index contributed by atoms with van der Waals surface area (Å²) in [7, 11) is 0. The normalized spacial score (nSPS) is 10.5. The highest BCUT2D eigenvalue weighted by Crippen LogP contribution is 2.26. The van der Waals surface area contributed by atoms with Crippen molar-refractivity contribution in [1.82, 2.24) is 4.98 Å². The molecule has 1 aromatic carbocycles. The molecule has 1 aromatic heterocycles. The molecule has 0 spiro atoms. The number of aryl methyl sites for hydroxylation is 2. The average Bonchev–Trinajstić information content (AvgIpc) is 2.64. The SMILES string of the molecule is Cc1ccc(-c2nc(C(=O)O)c(C)o2)cc1Br. The van der Waals surface area contributed by atoms with Crippen LogP contribution in [0.1, 0.15) is 21.8 Å². The van der Waals surface area contributed by atoms with Crippen molar-refractivity contribution in [3.05, 3.63) is 39.7 Å². The fourth-order valence-corrected chi connectivity index (χ4v) is 1.82. The lowest BCUT2D eigenvalue weighted by molar-refractivity contribution is 0.0689. The molecule has 0 saturated heterocycles. The monoisotopic (exact) mass is 295 g/mol. The number of halogens is 1. The zero-order valence-corrected chi connectivity index (χ0v) is 10.9. The summed E-state index contributed by atoms with van der Waals surface area (Å²) in [5, 5.41) is 8.89. The van der Waals surface area contributed by atoms with Crippen LogP contribution >= 0.6 is 15.9 Å². The summed E-state index contributed by atoms with van der Waals surface area (Å²) in [6.07, 6.45) is 0. The first-order valence-corrected chi connectivity index (χ1v) is 5.75. The molecule has 0 aliphatic carbocycles. The van der Waals surface area contributed by atoms with Crippen LogP contribution in [-0.2, 0) is 0 Å². The molecule has 0 fully saturated rings. The molecule has 0 aliphatic rings. The quantitative estimate of drug-likeness (QED) is 0.922. The standard InChI is InChI=1S/C12H10BrNO3/c1-6-3-4-8(5-9(6)13)11-14-10(12(15)16)7(2)17-11/h3-5H,1-2H3,(H,15,16). The second kappa shape index (κ2) is 4.33. The molecular formula is C12H10BrNO3. The Bertz CT molecular complexity index is 589. The van der Waals surface area contributed by atoms with Gasteiger partial charge in [0.2, 0.25) is 5.89 Å². The lowest BCUT2D eigenvalue weighted by Crippen LogP contribution is -1.98. The molecule has 0 radical (unpaired) electrons. The van der Waals surface area contributed by atoms with Gasteiger partial charge in [0.05, 0.1) is 0 Å². The fraction of sp³-hybridized carbons (Fsp3) is 0.167. The number of aromatic nitrogens is 1. The summed E-state index contributed by atoms with van der Waals surface area (Å²) in [4.78, 5) is 14.8. The first-order chi connectivity index (χ1) is 7.99. The van der Waals surface area contributed by atoms with E-state index in [0.717, 1.165) is 15.6 Å². The number of carbonyl (C=O) groups is 1. The molecule has 0 unspecified atom stereocenters. The van der Waals surface area contributed by atoms with Crippen LogP contribution in [0, 0.1) is 13.8 Å². The van der Waals surface area contributed by atoms with Crippen molar-refractivity contribution in [2.45, 2.75) is 13.8 Å². The van der Waals surface area contributed by atoms with E-state index in [0.29, 0.717) is 11.7 Å². The number of hydrogen-bond donors (Lipinski definition) is 1. The molecule has 2 aromatic rings. The molecule has 0 saturated carbocycles. The number of hydrogen-bond acceptors (Lipinski definition) is 3. The Morgan fingerprint density at radius 1 is 1.41 bits per heavy atom. The fourth-order valence-electron chi connectivity index (χ4n) is 1.44. The lowest BCUT2D eigenvalue weighted by Gasteiger charge is -1.99.